The Bertz CT molecular complexity index is 549. The van der Waals surface area contributed by atoms with Crippen molar-refractivity contribution in [3.05, 3.63) is 23.8 Å². The number of H-pyrrole nitrogens is 1. The van der Waals surface area contributed by atoms with Gasteiger partial charge in [-0.3, -0.25) is 4.79 Å². The van der Waals surface area contributed by atoms with E-state index in [4.69, 9.17) is 0 Å². The van der Waals surface area contributed by atoms with Crippen LogP contribution in [-0.4, -0.2) is 26.5 Å². The zero-order chi connectivity index (χ0) is 11.7. The van der Waals surface area contributed by atoms with E-state index in [9.17, 15) is 4.79 Å². The molecule has 0 spiro atoms. The van der Waals surface area contributed by atoms with Crippen LogP contribution < -0.4 is 5.32 Å². The summed E-state index contributed by atoms with van der Waals surface area (Å²) in [6.07, 6.45) is 2.33. The monoisotopic (exact) mass is 229 g/mol. The number of anilines is 1. The van der Waals surface area contributed by atoms with Gasteiger partial charge in [-0.05, 0) is 41.8 Å². The van der Waals surface area contributed by atoms with Crippen LogP contribution in [0.1, 0.15) is 18.4 Å². The number of aromatic amines is 1. The van der Waals surface area contributed by atoms with E-state index < -0.39 is 0 Å². The maximum absolute atomic E-state index is 11.4. The molecule has 86 valence electrons. The lowest BCUT2D eigenvalue weighted by molar-refractivity contribution is -0.116. The predicted molar refractivity (Wildman–Crippen MR) is 61.2 cm³/mol. The Kier molecular flexibility index (Phi) is 2.32. The van der Waals surface area contributed by atoms with Crippen molar-refractivity contribution < 1.29 is 4.79 Å². The van der Waals surface area contributed by atoms with Gasteiger partial charge in [0.25, 0.3) is 0 Å². The molecule has 0 fully saturated rings. The summed E-state index contributed by atoms with van der Waals surface area (Å²) in [4.78, 5) is 11.4. The largest absolute Gasteiger partial charge is 0.326 e. The first-order chi connectivity index (χ1) is 8.33. The highest BCUT2D eigenvalue weighted by Gasteiger charge is 2.14. The van der Waals surface area contributed by atoms with Crippen LogP contribution in [0.4, 0.5) is 5.69 Å². The third-order valence-electron chi connectivity index (χ3n) is 2.83. The van der Waals surface area contributed by atoms with Gasteiger partial charge in [0, 0.05) is 17.7 Å². The Labute approximate surface area is 97.4 Å². The fraction of sp³-hybridized carbons (Fsp3) is 0.273. The van der Waals surface area contributed by atoms with Gasteiger partial charge < -0.3 is 5.32 Å². The molecule has 1 amide bonds. The molecule has 0 bridgehead atoms. The van der Waals surface area contributed by atoms with Gasteiger partial charge in [-0.1, -0.05) is 0 Å². The third kappa shape index (κ3) is 1.89. The molecule has 0 atom stereocenters. The van der Waals surface area contributed by atoms with E-state index in [-0.39, 0.29) is 5.91 Å². The first-order valence-corrected chi connectivity index (χ1v) is 5.49. The molecule has 0 saturated heterocycles. The fourth-order valence-corrected chi connectivity index (χ4v) is 2.00. The number of rotatable bonds is 1. The van der Waals surface area contributed by atoms with E-state index in [1.807, 2.05) is 18.2 Å². The van der Waals surface area contributed by atoms with E-state index in [2.05, 4.69) is 25.9 Å². The van der Waals surface area contributed by atoms with Crippen molar-refractivity contribution in [2.24, 2.45) is 0 Å². The summed E-state index contributed by atoms with van der Waals surface area (Å²) in [5, 5.41) is 16.7. The van der Waals surface area contributed by atoms with Gasteiger partial charge in [0.1, 0.15) is 0 Å². The number of nitrogens with zero attached hydrogens (tertiary/aromatic N) is 3. The van der Waals surface area contributed by atoms with Gasteiger partial charge in [0.2, 0.25) is 11.7 Å². The molecule has 1 aliphatic rings. The van der Waals surface area contributed by atoms with E-state index in [0.717, 1.165) is 29.7 Å². The summed E-state index contributed by atoms with van der Waals surface area (Å²) >= 11 is 0. The third-order valence-corrected chi connectivity index (χ3v) is 2.83. The molecule has 0 saturated carbocycles. The molecule has 0 unspecified atom stereocenters. The standard InChI is InChI=1S/C11H11N5O/c17-10-3-1-2-7-6-8(4-5-9(7)12-10)11-13-15-16-14-11/h4-6H,1-3H2,(H,12,17)(H,13,14,15,16). The van der Waals surface area contributed by atoms with E-state index in [1.165, 1.54) is 0 Å². The maximum atomic E-state index is 11.4. The minimum absolute atomic E-state index is 0.0797. The first-order valence-electron chi connectivity index (χ1n) is 5.49. The van der Waals surface area contributed by atoms with Crippen molar-refractivity contribution in [3.63, 3.8) is 0 Å². The minimum atomic E-state index is 0.0797. The number of carbonyl (C=O) groups excluding carboxylic acids is 1. The van der Waals surface area contributed by atoms with Crippen LogP contribution >= 0.6 is 0 Å². The Morgan fingerprint density at radius 1 is 1.24 bits per heavy atom. The summed E-state index contributed by atoms with van der Waals surface area (Å²) < 4.78 is 0. The lowest BCUT2D eigenvalue weighted by Gasteiger charge is -2.07. The van der Waals surface area contributed by atoms with Crippen LogP contribution in [0.2, 0.25) is 0 Å². The molecule has 2 N–H and O–H groups in total. The molecular formula is C11H11N5O. The summed E-state index contributed by atoms with van der Waals surface area (Å²) in [6.45, 7) is 0. The molecule has 6 nitrogen and oxygen atoms in total. The second kappa shape index (κ2) is 3.97. The molecule has 2 heterocycles. The van der Waals surface area contributed by atoms with Gasteiger partial charge in [-0.25, -0.2) is 0 Å². The fourth-order valence-electron chi connectivity index (χ4n) is 2.00. The number of aryl methyl sites for hydroxylation is 1. The molecule has 2 aromatic rings. The van der Waals surface area contributed by atoms with Crippen LogP contribution in [0.15, 0.2) is 18.2 Å². The number of nitrogens with one attached hydrogen (secondary N) is 2. The number of benzene rings is 1. The molecule has 0 aliphatic carbocycles. The van der Waals surface area contributed by atoms with E-state index in [0.29, 0.717) is 12.2 Å². The van der Waals surface area contributed by atoms with Crippen molar-refractivity contribution in [2.75, 3.05) is 5.32 Å². The normalized spacial score (nSPS) is 14.9. The lowest BCUT2D eigenvalue weighted by Crippen LogP contribution is -2.09. The highest BCUT2D eigenvalue weighted by Crippen LogP contribution is 2.26. The van der Waals surface area contributed by atoms with Crippen LogP contribution in [0.3, 0.4) is 0 Å². The Balaban J connectivity index is 2.01. The van der Waals surface area contributed by atoms with Crippen LogP contribution in [-0.2, 0) is 11.2 Å². The van der Waals surface area contributed by atoms with Crippen molar-refractivity contribution in [1.82, 2.24) is 20.6 Å². The maximum Gasteiger partial charge on any atom is 0.224 e. The van der Waals surface area contributed by atoms with Crippen molar-refractivity contribution in [1.29, 1.82) is 0 Å². The summed E-state index contributed by atoms with van der Waals surface area (Å²) in [7, 11) is 0. The molecular weight excluding hydrogens is 218 g/mol. The molecule has 1 aromatic heterocycles. The Morgan fingerprint density at radius 2 is 2.18 bits per heavy atom. The lowest BCUT2D eigenvalue weighted by atomic mass is 10.0. The number of fused-ring (bicyclic) bond motifs is 1. The summed E-state index contributed by atoms with van der Waals surface area (Å²) in [5.74, 6) is 0.652. The number of hydrogen-bond donors (Lipinski definition) is 2. The molecule has 17 heavy (non-hydrogen) atoms. The first kappa shape index (κ1) is 9.95. The zero-order valence-corrected chi connectivity index (χ0v) is 9.10. The van der Waals surface area contributed by atoms with Crippen LogP contribution in [0.25, 0.3) is 11.4 Å². The number of aromatic nitrogens is 4. The summed E-state index contributed by atoms with van der Waals surface area (Å²) in [6, 6.07) is 5.78. The highest BCUT2D eigenvalue weighted by molar-refractivity contribution is 5.92. The Morgan fingerprint density at radius 3 is 3.00 bits per heavy atom. The Hall–Kier alpha value is -2.24. The SMILES string of the molecule is O=C1CCCc2cc(-c3nn[nH]n3)ccc2N1. The van der Waals surface area contributed by atoms with Crippen molar-refractivity contribution in [3.8, 4) is 11.4 Å². The minimum Gasteiger partial charge on any atom is -0.326 e. The topological polar surface area (TPSA) is 83.6 Å². The highest BCUT2D eigenvalue weighted by atomic mass is 16.1. The predicted octanol–water partition coefficient (Wildman–Crippen LogP) is 1.14. The molecule has 0 radical (unpaired) electrons. The second-order valence-corrected chi connectivity index (χ2v) is 4.01. The average Bonchev–Trinajstić information content (AvgIpc) is 2.78. The number of amides is 1. The molecule has 6 heteroatoms. The smallest absolute Gasteiger partial charge is 0.224 e. The van der Waals surface area contributed by atoms with Gasteiger partial charge >= 0.3 is 0 Å². The number of tetrazole rings is 1. The van der Waals surface area contributed by atoms with E-state index >= 15 is 0 Å². The molecule has 1 aliphatic heterocycles. The van der Waals surface area contributed by atoms with Crippen molar-refractivity contribution >= 4 is 11.6 Å². The number of carbonyl (C=O) groups is 1. The quantitative estimate of drug-likeness (QED) is 0.768. The number of hydrogen-bond acceptors (Lipinski definition) is 4. The van der Waals surface area contributed by atoms with Crippen LogP contribution in [0.5, 0.6) is 0 Å². The van der Waals surface area contributed by atoms with Crippen molar-refractivity contribution in [2.45, 2.75) is 19.3 Å². The molecule has 1 aromatic carbocycles. The van der Waals surface area contributed by atoms with Gasteiger partial charge in [-0.15, -0.1) is 10.2 Å². The average molecular weight is 229 g/mol. The zero-order valence-electron chi connectivity index (χ0n) is 9.10. The van der Waals surface area contributed by atoms with Crippen LogP contribution in [0, 0.1) is 0 Å². The van der Waals surface area contributed by atoms with Gasteiger partial charge in [0.15, 0.2) is 0 Å². The van der Waals surface area contributed by atoms with E-state index in [1.54, 1.807) is 0 Å². The molecule has 3 rings (SSSR count). The summed E-state index contributed by atoms with van der Waals surface area (Å²) in [5.41, 5.74) is 2.92. The second-order valence-electron chi connectivity index (χ2n) is 4.01. The van der Waals surface area contributed by atoms with Gasteiger partial charge in [-0.2, -0.15) is 5.21 Å². The van der Waals surface area contributed by atoms with Gasteiger partial charge in [0.05, 0.1) is 0 Å².